The van der Waals surface area contributed by atoms with Gasteiger partial charge in [0.1, 0.15) is 11.6 Å². The van der Waals surface area contributed by atoms with E-state index in [-0.39, 0.29) is 27.0 Å². The van der Waals surface area contributed by atoms with E-state index in [9.17, 15) is 18.4 Å². The largest absolute Gasteiger partial charge is 0.452 e. The third-order valence-corrected chi connectivity index (χ3v) is 3.38. The van der Waals surface area contributed by atoms with E-state index >= 15 is 0 Å². The van der Waals surface area contributed by atoms with Crippen molar-refractivity contribution in [1.29, 1.82) is 0 Å². The van der Waals surface area contributed by atoms with E-state index in [4.69, 9.17) is 33.7 Å². The third-order valence-electron chi connectivity index (χ3n) is 2.85. The molecular formula is C15H10Cl2F2N2O3. The van der Waals surface area contributed by atoms with Gasteiger partial charge in [0.05, 0.1) is 22.0 Å². The molecule has 2 rings (SSSR count). The lowest BCUT2D eigenvalue weighted by Crippen LogP contribution is -2.22. The quantitative estimate of drug-likeness (QED) is 0.632. The number of nitrogens with two attached hydrogens (primary N) is 1. The topological polar surface area (TPSA) is 81.4 Å². The number of ether oxygens (including phenoxy) is 1. The first-order valence-electron chi connectivity index (χ1n) is 6.44. The Balaban J connectivity index is 2.00. The van der Waals surface area contributed by atoms with Crippen LogP contribution in [0.5, 0.6) is 0 Å². The van der Waals surface area contributed by atoms with E-state index in [1.54, 1.807) is 0 Å². The summed E-state index contributed by atoms with van der Waals surface area (Å²) in [5.41, 5.74) is 5.24. The summed E-state index contributed by atoms with van der Waals surface area (Å²) in [6, 6.07) is 5.21. The van der Waals surface area contributed by atoms with Crippen molar-refractivity contribution in [1.82, 2.24) is 0 Å². The van der Waals surface area contributed by atoms with Gasteiger partial charge in [-0.3, -0.25) is 4.79 Å². The number of halogens is 4. The maximum Gasteiger partial charge on any atom is 0.340 e. The van der Waals surface area contributed by atoms with Gasteiger partial charge in [-0.05, 0) is 24.3 Å². The molecule has 0 atom stereocenters. The van der Waals surface area contributed by atoms with Gasteiger partial charge < -0.3 is 15.8 Å². The molecule has 5 nitrogen and oxygen atoms in total. The monoisotopic (exact) mass is 374 g/mol. The second kappa shape index (κ2) is 7.46. The van der Waals surface area contributed by atoms with Crippen molar-refractivity contribution in [3.63, 3.8) is 0 Å². The molecule has 0 radical (unpaired) electrons. The fourth-order valence-corrected chi connectivity index (χ4v) is 2.23. The Morgan fingerprint density at radius 3 is 2.54 bits per heavy atom. The summed E-state index contributed by atoms with van der Waals surface area (Å²) < 4.78 is 31.0. The molecule has 0 saturated heterocycles. The predicted octanol–water partition coefficient (Wildman–Crippen LogP) is 3.65. The highest BCUT2D eigenvalue weighted by atomic mass is 35.5. The Hall–Kier alpha value is -2.38. The molecule has 9 heteroatoms. The Labute approximate surface area is 145 Å². The molecule has 0 spiro atoms. The van der Waals surface area contributed by atoms with Gasteiger partial charge in [0, 0.05) is 11.1 Å². The minimum absolute atomic E-state index is 0.0453. The van der Waals surface area contributed by atoms with Crippen LogP contribution in [0.1, 0.15) is 10.4 Å². The van der Waals surface area contributed by atoms with Crippen molar-refractivity contribution in [3.8, 4) is 0 Å². The molecule has 126 valence electrons. The lowest BCUT2D eigenvalue weighted by Gasteiger charge is -2.09. The zero-order valence-electron chi connectivity index (χ0n) is 11.9. The average Bonchev–Trinajstić information content (AvgIpc) is 2.51. The maximum absolute atomic E-state index is 13.4. The number of nitrogens with one attached hydrogen (secondary N) is 1. The van der Waals surface area contributed by atoms with Gasteiger partial charge in [0.15, 0.2) is 6.61 Å². The first-order chi connectivity index (χ1) is 11.3. The lowest BCUT2D eigenvalue weighted by atomic mass is 10.2. The number of amides is 1. The molecule has 1 amide bonds. The number of carbonyl (C=O) groups is 2. The summed E-state index contributed by atoms with van der Waals surface area (Å²) in [7, 11) is 0. The van der Waals surface area contributed by atoms with E-state index in [0.29, 0.717) is 6.07 Å². The van der Waals surface area contributed by atoms with E-state index in [2.05, 4.69) is 5.32 Å². The van der Waals surface area contributed by atoms with Gasteiger partial charge in [-0.15, -0.1) is 0 Å². The second-order valence-corrected chi connectivity index (χ2v) is 5.44. The fraction of sp³-hybridized carbons (Fsp3) is 0.0667. The normalized spacial score (nSPS) is 10.3. The number of benzene rings is 2. The minimum Gasteiger partial charge on any atom is -0.452 e. The number of esters is 1. The average molecular weight is 375 g/mol. The van der Waals surface area contributed by atoms with E-state index < -0.39 is 30.1 Å². The van der Waals surface area contributed by atoms with Gasteiger partial charge in [0.25, 0.3) is 5.91 Å². The first-order valence-corrected chi connectivity index (χ1v) is 7.20. The van der Waals surface area contributed by atoms with Crippen LogP contribution >= 0.6 is 23.2 Å². The third kappa shape index (κ3) is 4.33. The van der Waals surface area contributed by atoms with Crippen LogP contribution < -0.4 is 11.1 Å². The van der Waals surface area contributed by atoms with Gasteiger partial charge in [-0.25, -0.2) is 13.6 Å². The van der Waals surface area contributed by atoms with Crippen LogP contribution in [0, 0.1) is 11.6 Å². The molecule has 0 heterocycles. The lowest BCUT2D eigenvalue weighted by molar-refractivity contribution is -0.119. The van der Waals surface area contributed by atoms with Gasteiger partial charge in [0.2, 0.25) is 0 Å². The summed E-state index contributed by atoms with van der Waals surface area (Å²) >= 11 is 11.6. The van der Waals surface area contributed by atoms with E-state index in [0.717, 1.165) is 12.1 Å². The molecule has 0 aliphatic heterocycles. The van der Waals surface area contributed by atoms with Crippen molar-refractivity contribution in [2.75, 3.05) is 17.7 Å². The summed E-state index contributed by atoms with van der Waals surface area (Å²) in [5.74, 6) is -3.49. The zero-order valence-corrected chi connectivity index (χ0v) is 13.4. The van der Waals surface area contributed by atoms with E-state index in [1.165, 1.54) is 12.1 Å². The van der Waals surface area contributed by atoms with Crippen molar-refractivity contribution in [2.24, 2.45) is 0 Å². The molecule has 0 aromatic heterocycles. The number of rotatable bonds is 4. The molecule has 0 fully saturated rings. The predicted molar refractivity (Wildman–Crippen MR) is 86.1 cm³/mol. The van der Waals surface area contributed by atoms with Crippen molar-refractivity contribution in [3.05, 3.63) is 57.6 Å². The van der Waals surface area contributed by atoms with Crippen LogP contribution in [-0.2, 0) is 9.53 Å². The molecule has 0 saturated carbocycles. The van der Waals surface area contributed by atoms with Crippen molar-refractivity contribution >= 4 is 46.5 Å². The second-order valence-electron chi connectivity index (χ2n) is 4.60. The molecule has 0 bridgehead atoms. The van der Waals surface area contributed by atoms with Crippen LogP contribution in [0.25, 0.3) is 0 Å². The molecule has 2 aromatic carbocycles. The number of hydrogen-bond donors (Lipinski definition) is 2. The maximum atomic E-state index is 13.4. The summed E-state index contributed by atoms with van der Waals surface area (Å²) in [6.07, 6.45) is 0. The molecule has 0 unspecified atom stereocenters. The Morgan fingerprint density at radius 2 is 1.88 bits per heavy atom. The molecule has 2 aromatic rings. The zero-order chi connectivity index (χ0) is 17.9. The summed E-state index contributed by atoms with van der Waals surface area (Å²) in [6.45, 7) is -0.709. The van der Waals surface area contributed by atoms with E-state index in [1.807, 2.05) is 0 Å². The number of anilines is 2. The molecule has 0 aliphatic carbocycles. The van der Waals surface area contributed by atoms with Crippen LogP contribution in [0.15, 0.2) is 30.3 Å². The number of carbonyl (C=O) groups excluding carboxylic acids is 2. The molecule has 0 aliphatic rings. The van der Waals surface area contributed by atoms with Crippen molar-refractivity contribution < 1.29 is 23.1 Å². The van der Waals surface area contributed by atoms with Gasteiger partial charge in [-0.1, -0.05) is 23.2 Å². The van der Waals surface area contributed by atoms with Crippen LogP contribution in [0.2, 0.25) is 10.0 Å². The standard InChI is InChI=1S/C15H10Cl2F2N2O3/c16-7-3-9(14(20)10(17)4-7)15(23)24-6-13(22)21-12-2-1-8(18)5-11(12)19/h1-5H,6,20H2,(H,21,22). The van der Waals surface area contributed by atoms with Crippen LogP contribution in [0.3, 0.4) is 0 Å². The summed E-state index contributed by atoms with van der Waals surface area (Å²) in [4.78, 5) is 23.6. The molecule has 24 heavy (non-hydrogen) atoms. The number of hydrogen-bond acceptors (Lipinski definition) is 4. The highest BCUT2D eigenvalue weighted by Gasteiger charge is 2.17. The Kier molecular flexibility index (Phi) is 5.58. The summed E-state index contributed by atoms with van der Waals surface area (Å²) in [5, 5.41) is 2.37. The van der Waals surface area contributed by atoms with Crippen LogP contribution in [-0.4, -0.2) is 18.5 Å². The Morgan fingerprint density at radius 1 is 1.17 bits per heavy atom. The number of nitrogen functional groups attached to an aromatic ring is 1. The molecule has 3 N–H and O–H groups in total. The van der Waals surface area contributed by atoms with Crippen LogP contribution in [0.4, 0.5) is 20.2 Å². The van der Waals surface area contributed by atoms with Gasteiger partial charge >= 0.3 is 5.97 Å². The fourth-order valence-electron chi connectivity index (χ4n) is 1.74. The highest BCUT2D eigenvalue weighted by molar-refractivity contribution is 6.37. The Bertz CT molecular complexity index is 816. The minimum atomic E-state index is -0.958. The van der Waals surface area contributed by atoms with Gasteiger partial charge in [-0.2, -0.15) is 0 Å². The van der Waals surface area contributed by atoms with Crippen molar-refractivity contribution in [2.45, 2.75) is 0 Å². The highest BCUT2D eigenvalue weighted by Crippen LogP contribution is 2.28. The first kappa shape index (κ1) is 18.0. The smallest absolute Gasteiger partial charge is 0.340 e. The molecular weight excluding hydrogens is 365 g/mol. The SMILES string of the molecule is Nc1c(Cl)cc(Cl)cc1C(=O)OCC(=O)Nc1ccc(F)cc1F.